The molecule has 0 amide bonds. The lowest BCUT2D eigenvalue weighted by molar-refractivity contribution is 0.0961. The highest BCUT2D eigenvalue weighted by molar-refractivity contribution is 6.32. The van der Waals surface area contributed by atoms with E-state index in [0.717, 1.165) is 41.9 Å². The van der Waals surface area contributed by atoms with Gasteiger partial charge in [0.1, 0.15) is 5.75 Å². The summed E-state index contributed by atoms with van der Waals surface area (Å²) in [6, 6.07) is 6.73. The molecule has 1 saturated carbocycles. The highest BCUT2D eigenvalue weighted by Crippen LogP contribution is 2.36. The maximum absolute atomic E-state index is 6.30. The van der Waals surface area contributed by atoms with E-state index in [1.165, 1.54) is 38.5 Å². The van der Waals surface area contributed by atoms with Gasteiger partial charge < -0.3 is 20.7 Å². The summed E-state index contributed by atoms with van der Waals surface area (Å²) in [4.78, 5) is 16.5. The third-order valence-corrected chi connectivity index (χ3v) is 8.06. The number of hydrogen-bond donors (Lipinski definition) is 2. The Morgan fingerprint density at radius 1 is 1.06 bits per heavy atom. The first kappa shape index (κ1) is 24.9. The standard InChI is InChI=1S/C25H39ClN7O/c1-32-14-12-20(13-15-32)33(2,19-8-6-4-5-7-9-19)25-30-23(27)29-24(31-25)28-17-18-10-11-22(34-3)21(26)16-18/h10-11,16,19-20H,4-9,12-15,17H2,1-3H3,(H3,27,28,29,30,31)/q+1. The molecule has 0 spiro atoms. The third-order valence-electron chi connectivity index (χ3n) is 7.77. The SMILES string of the molecule is COc1ccc(CNc2nc(N)nc([N+](C)(C3CCCCCC3)C3CCN(C)CC3)n2)cc1Cl. The van der Waals surface area contributed by atoms with E-state index in [0.29, 0.717) is 35.3 Å². The van der Waals surface area contributed by atoms with Gasteiger partial charge in [0.2, 0.25) is 11.9 Å². The van der Waals surface area contributed by atoms with Crippen molar-refractivity contribution in [2.24, 2.45) is 0 Å². The molecule has 2 aromatic rings. The van der Waals surface area contributed by atoms with Crippen LogP contribution in [0, 0.1) is 0 Å². The Kier molecular flexibility index (Phi) is 8.11. The van der Waals surface area contributed by atoms with Crippen LogP contribution in [0.1, 0.15) is 56.9 Å². The zero-order chi connectivity index (χ0) is 24.1. The summed E-state index contributed by atoms with van der Waals surface area (Å²) >= 11 is 6.30. The first-order valence-corrected chi connectivity index (χ1v) is 12.9. The Bertz CT molecular complexity index is 958. The fraction of sp³-hybridized carbons (Fsp3) is 0.640. The summed E-state index contributed by atoms with van der Waals surface area (Å²) in [5.41, 5.74) is 7.26. The molecule has 2 aliphatic rings. The van der Waals surface area contributed by atoms with Crippen molar-refractivity contribution in [1.29, 1.82) is 0 Å². The van der Waals surface area contributed by atoms with E-state index in [1.54, 1.807) is 7.11 Å². The molecule has 9 heteroatoms. The first-order valence-electron chi connectivity index (χ1n) is 12.5. The number of methoxy groups -OCH3 is 1. The number of nitrogen functional groups attached to an aromatic ring is 1. The van der Waals surface area contributed by atoms with Gasteiger partial charge in [-0.3, -0.25) is 4.48 Å². The van der Waals surface area contributed by atoms with Gasteiger partial charge in [-0.25, -0.2) is 0 Å². The molecule has 1 aliphatic carbocycles. The minimum atomic E-state index is 0.270. The zero-order valence-electron chi connectivity index (χ0n) is 20.8. The maximum atomic E-state index is 6.30. The lowest BCUT2D eigenvalue weighted by atomic mass is 9.95. The Morgan fingerprint density at radius 3 is 2.38 bits per heavy atom. The van der Waals surface area contributed by atoms with E-state index in [-0.39, 0.29) is 5.95 Å². The van der Waals surface area contributed by atoms with E-state index in [4.69, 9.17) is 32.0 Å². The molecule has 1 aromatic carbocycles. The molecule has 1 saturated heterocycles. The van der Waals surface area contributed by atoms with Crippen LogP contribution < -0.4 is 20.3 Å². The van der Waals surface area contributed by atoms with Crippen molar-refractivity contribution in [1.82, 2.24) is 24.3 Å². The minimum Gasteiger partial charge on any atom is -0.495 e. The van der Waals surface area contributed by atoms with Gasteiger partial charge in [-0.15, -0.1) is 9.97 Å². The number of hydrogen-bond acceptors (Lipinski definition) is 7. The second-order valence-corrected chi connectivity index (χ2v) is 10.4. The monoisotopic (exact) mass is 488 g/mol. The second kappa shape index (κ2) is 11.1. The highest BCUT2D eigenvalue weighted by atomic mass is 35.5. The molecule has 1 unspecified atom stereocenters. The molecule has 34 heavy (non-hydrogen) atoms. The van der Waals surface area contributed by atoms with Gasteiger partial charge in [-0.05, 0) is 50.4 Å². The molecule has 8 nitrogen and oxygen atoms in total. The number of halogens is 1. The number of nitrogens with two attached hydrogens (primary N) is 1. The zero-order valence-corrected chi connectivity index (χ0v) is 21.5. The van der Waals surface area contributed by atoms with Crippen molar-refractivity contribution < 1.29 is 4.74 Å². The van der Waals surface area contributed by atoms with Crippen LogP contribution in [-0.2, 0) is 6.54 Å². The minimum absolute atomic E-state index is 0.270. The smallest absolute Gasteiger partial charge is 0.335 e. The molecule has 2 heterocycles. The number of nitrogens with zero attached hydrogens (tertiary/aromatic N) is 5. The molecule has 2 fully saturated rings. The molecule has 1 aromatic heterocycles. The molecule has 0 radical (unpaired) electrons. The Hall–Kier alpha value is -2.16. The van der Waals surface area contributed by atoms with E-state index >= 15 is 0 Å². The van der Waals surface area contributed by atoms with Gasteiger partial charge >= 0.3 is 5.95 Å². The van der Waals surface area contributed by atoms with Crippen molar-refractivity contribution >= 4 is 29.4 Å². The van der Waals surface area contributed by atoms with Gasteiger partial charge in [0.15, 0.2) is 0 Å². The average molecular weight is 489 g/mol. The van der Waals surface area contributed by atoms with Crippen LogP contribution in [-0.4, -0.2) is 66.2 Å². The number of rotatable bonds is 7. The number of piperidine rings is 1. The Labute approximate surface area is 208 Å². The number of ether oxygens (including phenoxy) is 1. The average Bonchev–Trinajstić information content (AvgIpc) is 3.12. The summed E-state index contributed by atoms with van der Waals surface area (Å²) < 4.78 is 6.01. The Morgan fingerprint density at radius 2 is 1.74 bits per heavy atom. The van der Waals surface area contributed by atoms with E-state index in [9.17, 15) is 0 Å². The fourth-order valence-electron chi connectivity index (χ4n) is 5.63. The van der Waals surface area contributed by atoms with Crippen molar-refractivity contribution in [2.45, 2.75) is 70.0 Å². The quantitative estimate of drug-likeness (QED) is 0.438. The van der Waals surface area contributed by atoms with Crippen molar-refractivity contribution in [3.8, 4) is 5.75 Å². The normalized spacial score (nSPS) is 20.5. The number of benzene rings is 1. The predicted octanol–water partition coefficient (Wildman–Crippen LogP) is 4.48. The van der Waals surface area contributed by atoms with E-state index in [1.807, 2.05) is 18.2 Å². The van der Waals surface area contributed by atoms with Crippen molar-refractivity contribution in [3.05, 3.63) is 28.8 Å². The van der Waals surface area contributed by atoms with Crippen LogP contribution in [0.5, 0.6) is 5.75 Å². The largest absolute Gasteiger partial charge is 0.495 e. The van der Waals surface area contributed by atoms with Crippen molar-refractivity contribution in [2.75, 3.05) is 45.3 Å². The van der Waals surface area contributed by atoms with Gasteiger partial charge in [-0.2, -0.15) is 4.98 Å². The van der Waals surface area contributed by atoms with Gasteiger partial charge in [0.05, 0.1) is 31.3 Å². The molecular formula is C25H39ClN7O+. The molecule has 0 bridgehead atoms. The first-order chi connectivity index (χ1) is 16.4. The predicted molar refractivity (Wildman–Crippen MR) is 139 cm³/mol. The number of likely N-dealkylation sites (tertiary alicyclic amines) is 1. The van der Waals surface area contributed by atoms with Gasteiger partial charge in [-0.1, -0.05) is 30.5 Å². The van der Waals surface area contributed by atoms with Crippen LogP contribution in [0.25, 0.3) is 0 Å². The topological polar surface area (TPSA) is 89.2 Å². The highest BCUT2D eigenvalue weighted by Gasteiger charge is 2.45. The second-order valence-electron chi connectivity index (χ2n) is 9.97. The lowest BCUT2D eigenvalue weighted by Crippen LogP contribution is -2.63. The molecule has 4 rings (SSSR count). The van der Waals surface area contributed by atoms with E-state index < -0.39 is 0 Å². The summed E-state index contributed by atoms with van der Waals surface area (Å²) in [5, 5.41) is 3.93. The van der Waals surface area contributed by atoms with Crippen LogP contribution in [0.3, 0.4) is 0 Å². The summed E-state index contributed by atoms with van der Waals surface area (Å²) in [7, 11) is 6.16. The summed E-state index contributed by atoms with van der Waals surface area (Å²) in [6.45, 7) is 2.75. The van der Waals surface area contributed by atoms with Crippen LogP contribution >= 0.6 is 11.6 Å². The van der Waals surface area contributed by atoms with Gasteiger partial charge in [0.25, 0.3) is 0 Å². The van der Waals surface area contributed by atoms with Crippen LogP contribution in [0.15, 0.2) is 18.2 Å². The molecule has 186 valence electrons. The fourth-order valence-corrected chi connectivity index (χ4v) is 5.91. The molecular weight excluding hydrogens is 450 g/mol. The summed E-state index contributed by atoms with van der Waals surface area (Å²) in [6.07, 6.45) is 9.89. The molecule has 1 atom stereocenters. The Balaban J connectivity index is 1.61. The van der Waals surface area contributed by atoms with Crippen LogP contribution in [0.4, 0.5) is 17.8 Å². The molecule has 3 N–H and O–H groups in total. The number of quaternary nitrogens is 1. The maximum Gasteiger partial charge on any atom is 0.335 e. The van der Waals surface area contributed by atoms with E-state index in [2.05, 4.69) is 29.3 Å². The number of aromatic nitrogens is 3. The van der Waals surface area contributed by atoms with Gasteiger partial charge in [0, 0.05) is 32.5 Å². The van der Waals surface area contributed by atoms with Crippen LogP contribution in [0.2, 0.25) is 5.02 Å². The molecule has 1 aliphatic heterocycles. The number of anilines is 2. The summed E-state index contributed by atoms with van der Waals surface area (Å²) in [5.74, 6) is 2.24. The third kappa shape index (κ3) is 5.56. The van der Waals surface area contributed by atoms with Crippen molar-refractivity contribution in [3.63, 3.8) is 0 Å². The number of nitrogens with one attached hydrogen (secondary N) is 1. The lowest BCUT2D eigenvalue weighted by Gasteiger charge is -2.47.